The van der Waals surface area contributed by atoms with Gasteiger partial charge in [-0.25, -0.2) is 0 Å². The maximum atomic E-state index is 5.82. The number of rotatable bonds is 5. The van der Waals surface area contributed by atoms with Crippen LogP contribution in [0.4, 0.5) is 0 Å². The first-order valence-electron chi connectivity index (χ1n) is 6.01. The largest absolute Gasteiger partial charge is 0.491 e. The van der Waals surface area contributed by atoms with Crippen LogP contribution in [0.2, 0.25) is 0 Å². The Morgan fingerprint density at radius 3 is 2.06 bits per heavy atom. The summed E-state index contributed by atoms with van der Waals surface area (Å²) in [6, 6.07) is 8.14. The Kier molecular flexibility index (Phi) is 4.81. The maximum Gasteiger partial charge on any atom is 0.119 e. The van der Waals surface area contributed by atoms with Crippen LogP contribution in [0.15, 0.2) is 24.3 Å². The predicted molar refractivity (Wildman–Crippen MR) is 68.6 cm³/mol. The van der Waals surface area contributed by atoms with Crippen molar-refractivity contribution >= 4 is 0 Å². The van der Waals surface area contributed by atoms with Gasteiger partial charge in [-0.1, -0.05) is 26.0 Å². The van der Waals surface area contributed by atoms with Crippen molar-refractivity contribution < 1.29 is 4.74 Å². The van der Waals surface area contributed by atoms with Crippen LogP contribution < -0.4 is 10.5 Å². The molecule has 0 fully saturated rings. The van der Waals surface area contributed by atoms with E-state index in [1.165, 1.54) is 0 Å². The second-order valence-corrected chi connectivity index (χ2v) is 4.92. The summed E-state index contributed by atoms with van der Waals surface area (Å²) < 4.78 is 5.82. The highest BCUT2D eigenvalue weighted by Crippen LogP contribution is 2.18. The molecule has 0 heterocycles. The second-order valence-electron chi connectivity index (χ2n) is 4.92. The molecule has 1 aromatic rings. The molecule has 0 saturated carbocycles. The minimum Gasteiger partial charge on any atom is -0.491 e. The van der Waals surface area contributed by atoms with Gasteiger partial charge >= 0.3 is 0 Å². The minimum atomic E-state index is 0.0853. The molecule has 0 aromatic heterocycles. The molecule has 0 radical (unpaired) electrons. The molecule has 2 nitrogen and oxygen atoms in total. The monoisotopic (exact) mass is 221 g/mol. The van der Waals surface area contributed by atoms with Crippen molar-refractivity contribution in [2.24, 2.45) is 11.7 Å². The summed E-state index contributed by atoms with van der Waals surface area (Å²) in [5, 5.41) is 0. The highest BCUT2D eigenvalue weighted by Gasteiger charge is 2.07. The summed E-state index contributed by atoms with van der Waals surface area (Å²) in [5.74, 6) is 1.59. The fraction of sp³-hybridized carbons (Fsp3) is 0.571. The zero-order valence-corrected chi connectivity index (χ0v) is 10.7. The van der Waals surface area contributed by atoms with Gasteiger partial charge in [-0.05, 0) is 43.9 Å². The Labute approximate surface area is 98.8 Å². The maximum absolute atomic E-state index is 5.82. The van der Waals surface area contributed by atoms with Crippen LogP contribution in [-0.2, 0) is 0 Å². The molecule has 2 N–H and O–H groups in total. The highest BCUT2D eigenvalue weighted by molar-refractivity contribution is 5.28. The van der Waals surface area contributed by atoms with Crippen molar-refractivity contribution in [1.29, 1.82) is 0 Å². The predicted octanol–water partition coefficient (Wildman–Crippen LogP) is 3.52. The normalized spacial score (nSPS) is 14.9. The van der Waals surface area contributed by atoms with Gasteiger partial charge in [-0.3, -0.25) is 0 Å². The molecule has 0 aliphatic heterocycles. The fourth-order valence-corrected chi connectivity index (χ4v) is 1.79. The van der Waals surface area contributed by atoms with E-state index in [0.29, 0.717) is 5.92 Å². The molecule has 0 saturated heterocycles. The average molecular weight is 221 g/mol. The van der Waals surface area contributed by atoms with Gasteiger partial charge in [0.05, 0.1) is 6.10 Å². The molecule has 0 aliphatic rings. The highest BCUT2D eigenvalue weighted by atomic mass is 16.5. The molecule has 16 heavy (non-hydrogen) atoms. The lowest BCUT2D eigenvalue weighted by atomic mass is 10.1. The molecule has 1 aromatic carbocycles. The summed E-state index contributed by atoms with van der Waals surface area (Å²) in [6.45, 7) is 8.51. The van der Waals surface area contributed by atoms with Gasteiger partial charge in [-0.2, -0.15) is 0 Å². The Hall–Kier alpha value is -1.02. The van der Waals surface area contributed by atoms with Crippen LogP contribution in [0.1, 0.15) is 45.7 Å². The van der Waals surface area contributed by atoms with Crippen molar-refractivity contribution in [2.45, 2.75) is 46.3 Å². The van der Waals surface area contributed by atoms with Gasteiger partial charge < -0.3 is 10.5 Å². The van der Waals surface area contributed by atoms with Gasteiger partial charge in [0.15, 0.2) is 0 Å². The molecule has 0 bridgehead atoms. The molecule has 90 valence electrons. The molecular weight excluding hydrogens is 198 g/mol. The molecule has 1 unspecified atom stereocenters. The van der Waals surface area contributed by atoms with Crippen molar-refractivity contribution in [3.8, 4) is 5.75 Å². The SMILES string of the molecule is CC(C)CC(C)Oc1ccc([C@H](C)N)cc1. The molecule has 2 atom stereocenters. The van der Waals surface area contributed by atoms with Crippen LogP contribution in [0, 0.1) is 5.92 Å². The zero-order chi connectivity index (χ0) is 12.1. The Morgan fingerprint density at radius 1 is 1.06 bits per heavy atom. The van der Waals surface area contributed by atoms with Crippen LogP contribution in [-0.4, -0.2) is 6.10 Å². The number of ether oxygens (including phenoxy) is 1. The number of hydrogen-bond donors (Lipinski definition) is 1. The summed E-state index contributed by atoms with van der Waals surface area (Å²) in [7, 11) is 0. The van der Waals surface area contributed by atoms with E-state index in [-0.39, 0.29) is 12.1 Å². The quantitative estimate of drug-likeness (QED) is 0.825. The van der Waals surface area contributed by atoms with Gasteiger partial charge in [0.25, 0.3) is 0 Å². The topological polar surface area (TPSA) is 35.2 Å². The van der Waals surface area contributed by atoms with E-state index >= 15 is 0 Å². The summed E-state index contributed by atoms with van der Waals surface area (Å²) in [6.07, 6.45) is 1.34. The first-order valence-corrected chi connectivity index (χ1v) is 6.01. The van der Waals surface area contributed by atoms with Crippen molar-refractivity contribution in [2.75, 3.05) is 0 Å². The van der Waals surface area contributed by atoms with Crippen LogP contribution in [0.25, 0.3) is 0 Å². The zero-order valence-electron chi connectivity index (χ0n) is 10.7. The van der Waals surface area contributed by atoms with Gasteiger partial charge in [0, 0.05) is 6.04 Å². The van der Waals surface area contributed by atoms with Gasteiger partial charge in [0.1, 0.15) is 5.75 Å². The summed E-state index contributed by atoms with van der Waals surface area (Å²) in [5.41, 5.74) is 6.93. The molecule has 0 spiro atoms. The number of benzene rings is 1. The lowest BCUT2D eigenvalue weighted by molar-refractivity contribution is 0.193. The van der Waals surface area contributed by atoms with Gasteiger partial charge in [0.2, 0.25) is 0 Å². The van der Waals surface area contributed by atoms with Crippen LogP contribution in [0.5, 0.6) is 5.75 Å². The Balaban J connectivity index is 2.55. The summed E-state index contributed by atoms with van der Waals surface area (Å²) in [4.78, 5) is 0. The van der Waals surface area contributed by atoms with E-state index in [9.17, 15) is 0 Å². The minimum absolute atomic E-state index is 0.0853. The average Bonchev–Trinajstić information content (AvgIpc) is 2.16. The van der Waals surface area contributed by atoms with Crippen molar-refractivity contribution in [3.05, 3.63) is 29.8 Å². The second kappa shape index (κ2) is 5.90. The number of nitrogens with two attached hydrogens (primary N) is 1. The van der Waals surface area contributed by atoms with Crippen LogP contribution in [0.3, 0.4) is 0 Å². The third kappa shape index (κ3) is 4.23. The third-order valence-electron chi connectivity index (χ3n) is 2.55. The standard InChI is InChI=1S/C14H23NO/c1-10(2)9-11(3)16-14-7-5-13(6-8-14)12(4)15/h5-8,10-12H,9,15H2,1-4H3/t11?,12-/m0/s1. The Morgan fingerprint density at radius 2 is 1.62 bits per heavy atom. The van der Waals surface area contributed by atoms with E-state index in [2.05, 4.69) is 20.8 Å². The first kappa shape index (κ1) is 13.0. The molecule has 1 rings (SSSR count). The third-order valence-corrected chi connectivity index (χ3v) is 2.55. The Bertz CT molecular complexity index is 303. The fourth-order valence-electron chi connectivity index (χ4n) is 1.79. The lowest BCUT2D eigenvalue weighted by Crippen LogP contribution is -2.14. The molecule has 0 amide bonds. The van der Waals surface area contributed by atoms with Gasteiger partial charge in [-0.15, -0.1) is 0 Å². The summed E-state index contributed by atoms with van der Waals surface area (Å²) >= 11 is 0. The molecular formula is C14H23NO. The number of hydrogen-bond acceptors (Lipinski definition) is 2. The molecule has 2 heteroatoms. The van der Waals surface area contributed by atoms with E-state index in [0.717, 1.165) is 17.7 Å². The van der Waals surface area contributed by atoms with Crippen molar-refractivity contribution in [3.63, 3.8) is 0 Å². The van der Waals surface area contributed by atoms with Crippen LogP contribution >= 0.6 is 0 Å². The van der Waals surface area contributed by atoms with E-state index in [4.69, 9.17) is 10.5 Å². The van der Waals surface area contributed by atoms with E-state index < -0.39 is 0 Å². The lowest BCUT2D eigenvalue weighted by Gasteiger charge is -2.17. The molecule has 0 aliphatic carbocycles. The van der Waals surface area contributed by atoms with E-state index in [1.54, 1.807) is 0 Å². The smallest absolute Gasteiger partial charge is 0.119 e. The van der Waals surface area contributed by atoms with Crippen molar-refractivity contribution in [1.82, 2.24) is 0 Å². The first-order chi connectivity index (χ1) is 7.49. The van der Waals surface area contributed by atoms with E-state index in [1.807, 2.05) is 31.2 Å².